The number of nitrogens with zero attached hydrogens (tertiary/aromatic N) is 1. The van der Waals surface area contributed by atoms with Crippen molar-refractivity contribution >= 4 is 13.7 Å². The van der Waals surface area contributed by atoms with Crippen LogP contribution in [-0.2, 0) is 18.4 Å². The van der Waals surface area contributed by atoms with Gasteiger partial charge in [0.25, 0.3) is 0 Å². The van der Waals surface area contributed by atoms with E-state index in [2.05, 4.69) is 19.2 Å². The number of quaternary nitrogens is 1. The van der Waals surface area contributed by atoms with Crippen LogP contribution in [0.4, 0.5) is 0 Å². The molecule has 0 aliphatic carbocycles. The summed E-state index contributed by atoms with van der Waals surface area (Å²) in [6.45, 7) is 4.95. The number of rotatable bonds is 57. The monoisotopic (exact) mass is 986 g/mol. The van der Waals surface area contributed by atoms with Crippen LogP contribution in [0.3, 0.4) is 0 Å². The van der Waals surface area contributed by atoms with E-state index in [1.54, 1.807) is 0 Å². The number of carbonyl (C=O) groups is 1. The van der Waals surface area contributed by atoms with Crippen LogP contribution < -0.4 is 5.32 Å². The van der Waals surface area contributed by atoms with Crippen molar-refractivity contribution in [1.29, 1.82) is 0 Å². The average Bonchev–Trinajstić information content (AvgIpc) is 3.30. The summed E-state index contributed by atoms with van der Waals surface area (Å²) < 4.78 is 23.8. The zero-order valence-corrected chi connectivity index (χ0v) is 47.5. The van der Waals surface area contributed by atoms with Crippen LogP contribution in [0.1, 0.15) is 322 Å². The summed E-state index contributed by atoms with van der Waals surface area (Å²) in [7, 11) is 1.64. The van der Waals surface area contributed by atoms with Crippen molar-refractivity contribution in [1.82, 2.24) is 5.32 Å². The number of likely N-dealkylation sites (N-methyl/N-ethyl adjacent to an activating group) is 1. The van der Waals surface area contributed by atoms with Gasteiger partial charge < -0.3 is 19.8 Å². The molecule has 0 aromatic carbocycles. The Morgan fingerprint density at radius 2 is 0.706 bits per heavy atom. The standard InChI is InChI=1S/C59H121N2O6P/c1-6-8-10-12-14-16-18-20-22-24-26-28-29-30-31-32-33-35-37-39-41-43-45-47-49-51-53-59(63)60-57(56-67-68(64,65)66-55-54-61(3,4)5)58(62)52-50-48-46-44-42-40-38-36-34-27-25-23-21-19-17-15-13-11-9-7-2/h57-58,62H,6-56H2,1-5H3,(H-,60,63,64,65)/p+1. The predicted molar refractivity (Wildman–Crippen MR) is 296 cm³/mol. The van der Waals surface area contributed by atoms with Crippen molar-refractivity contribution in [3.05, 3.63) is 0 Å². The molecule has 0 saturated heterocycles. The molecular weight excluding hydrogens is 864 g/mol. The van der Waals surface area contributed by atoms with Crippen molar-refractivity contribution < 1.29 is 32.9 Å². The fourth-order valence-corrected chi connectivity index (χ4v) is 10.3. The van der Waals surface area contributed by atoms with Gasteiger partial charge in [0.15, 0.2) is 0 Å². The number of hydrogen-bond acceptors (Lipinski definition) is 5. The summed E-state index contributed by atoms with van der Waals surface area (Å²) in [6, 6.07) is -0.755. The molecule has 3 N–H and O–H groups in total. The van der Waals surface area contributed by atoms with Crippen LogP contribution in [-0.4, -0.2) is 73.4 Å². The summed E-state index contributed by atoms with van der Waals surface area (Å²) >= 11 is 0. The minimum Gasteiger partial charge on any atom is -0.391 e. The van der Waals surface area contributed by atoms with Crippen LogP contribution in [0.2, 0.25) is 0 Å². The Balaban J connectivity index is 4.07. The lowest BCUT2D eigenvalue weighted by Crippen LogP contribution is -2.46. The Kier molecular flexibility index (Phi) is 51.0. The fourth-order valence-electron chi connectivity index (χ4n) is 9.58. The first-order valence-electron chi connectivity index (χ1n) is 30.4. The Morgan fingerprint density at radius 3 is 0.985 bits per heavy atom. The van der Waals surface area contributed by atoms with Gasteiger partial charge in [-0.3, -0.25) is 13.8 Å². The molecule has 0 radical (unpaired) electrons. The molecule has 0 heterocycles. The second kappa shape index (κ2) is 51.4. The van der Waals surface area contributed by atoms with Gasteiger partial charge in [-0.15, -0.1) is 0 Å². The number of amides is 1. The maximum Gasteiger partial charge on any atom is 0.472 e. The third-order valence-corrected chi connectivity index (χ3v) is 15.3. The van der Waals surface area contributed by atoms with E-state index in [9.17, 15) is 19.4 Å². The number of unbranched alkanes of at least 4 members (excludes halogenated alkanes) is 44. The minimum absolute atomic E-state index is 0.0792. The highest BCUT2D eigenvalue weighted by Gasteiger charge is 2.28. The molecule has 0 rings (SSSR count). The molecule has 0 aromatic heterocycles. The van der Waals surface area contributed by atoms with Gasteiger partial charge in [0.2, 0.25) is 5.91 Å². The molecule has 9 heteroatoms. The molecule has 0 aromatic rings. The number of phosphoric acid groups is 1. The zero-order chi connectivity index (χ0) is 49.9. The van der Waals surface area contributed by atoms with E-state index in [0.717, 1.165) is 38.5 Å². The van der Waals surface area contributed by atoms with Crippen LogP contribution in [0.15, 0.2) is 0 Å². The van der Waals surface area contributed by atoms with E-state index in [4.69, 9.17) is 9.05 Å². The summed E-state index contributed by atoms with van der Waals surface area (Å²) in [6.07, 6.45) is 61.7. The van der Waals surface area contributed by atoms with Crippen molar-refractivity contribution in [3.8, 4) is 0 Å². The Hall–Kier alpha value is -0.500. The van der Waals surface area contributed by atoms with Gasteiger partial charge in [-0.25, -0.2) is 4.57 Å². The van der Waals surface area contributed by atoms with Gasteiger partial charge >= 0.3 is 7.82 Å². The number of phosphoric ester groups is 1. The molecule has 1 amide bonds. The summed E-state index contributed by atoms with van der Waals surface area (Å²) in [5.41, 5.74) is 0. The van der Waals surface area contributed by atoms with Crippen molar-refractivity contribution in [2.75, 3.05) is 40.9 Å². The highest BCUT2D eigenvalue weighted by Crippen LogP contribution is 2.43. The lowest BCUT2D eigenvalue weighted by molar-refractivity contribution is -0.870. The number of aliphatic hydroxyl groups excluding tert-OH is 1. The normalized spacial score (nSPS) is 13.8. The maximum absolute atomic E-state index is 13.0. The number of hydrogen-bond donors (Lipinski definition) is 3. The molecule has 68 heavy (non-hydrogen) atoms. The highest BCUT2D eigenvalue weighted by molar-refractivity contribution is 7.47. The predicted octanol–water partition coefficient (Wildman–Crippen LogP) is 18.4. The number of aliphatic hydroxyl groups is 1. The number of carbonyl (C=O) groups excluding carboxylic acids is 1. The van der Waals surface area contributed by atoms with E-state index in [1.807, 2.05) is 21.1 Å². The van der Waals surface area contributed by atoms with Crippen LogP contribution in [0, 0.1) is 0 Å². The van der Waals surface area contributed by atoms with E-state index in [-0.39, 0.29) is 19.1 Å². The van der Waals surface area contributed by atoms with E-state index < -0.39 is 20.0 Å². The molecule has 0 fully saturated rings. The Morgan fingerprint density at radius 1 is 0.441 bits per heavy atom. The minimum atomic E-state index is -4.32. The van der Waals surface area contributed by atoms with E-state index in [1.165, 1.54) is 257 Å². The van der Waals surface area contributed by atoms with Gasteiger partial charge in [-0.1, -0.05) is 303 Å². The molecule has 3 atom stereocenters. The lowest BCUT2D eigenvalue weighted by atomic mass is 10.0. The molecule has 3 unspecified atom stereocenters. The van der Waals surface area contributed by atoms with Gasteiger partial charge in [0.1, 0.15) is 13.2 Å². The van der Waals surface area contributed by atoms with Crippen molar-refractivity contribution in [2.24, 2.45) is 0 Å². The molecule has 0 aliphatic rings. The zero-order valence-electron chi connectivity index (χ0n) is 46.6. The van der Waals surface area contributed by atoms with Crippen LogP contribution in [0.25, 0.3) is 0 Å². The molecule has 0 spiro atoms. The first-order valence-corrected chi connectivity index (χ1v) is 31.9. The first kappa shape index (κ1) is 67.5. The summed E-state index contributed by atoms with van der Waals surface area (Å²) in [5, 5.41) is 14.1. The van der Waals surface area contributed by atoms with Gasteiger partial charge in [-0.05, 0) is 12.8 Å². The Bertz CT molecular complexity index is 1070. The van der Waals surface area contributed by atoms with Crippen molar-refractivity contribution in [2.45, 2.75) is 334 Å². The maximum atomic E-state index is 13.0. The molecule has 408 valence electrons. The first-order chi connectivity index (χ1) is 33.0. The largest absolute Gasteiger partial charge is 0.472 e. The topological polar surface area (TPSA) is 105 Å². The second-order valence-corrected chi connectivity index (χ2v) is 23.9. The van der Waals surface area contributed by atoms with Crippen LogP contribution >= 0.6 is 7.82 Å². The van der Waals surface area contributed by atoms with E-state index in [0.29, 0.717) is 23.9 Å². The van der Waals surface area contributed by atoms with Crippen molar-refractivity contribution in [3.63, 3.8) is 0 Å². The van der Waals surface area contributed by atoms with Gasteiger partial charge in [0.05, 0.1) is 39.9 Å². The SMILES string of the molecule is CCCCCCCCCCCCCCCCCCCCCCCCCCCCC(=O)NC(COP(=O)(O)OCC[N+](C)(C)C)C(O)CCCCCCCCCCCCCCCCCCCCCC. The van der Waals surface area contributed by atoms with Crippen LogP contribution in [0.5, 0.6) is 0 Å². The van der Waals surface area contributed by atoms with Gasteiger partial charge in [0, 0.05) is 6.42 Å². The third-order valence-electron chi connectivity index (χ3n) is 14.4. The van der Waals surface area contributed by atoms with E-state index >= 15 is 0 Å². The third kappa shape index (κ3) is 53.3. The summed E-state index contributed by atoms with van der Waals surface area (Å²) in [4.78, 5) is 23.4. The molecule has 8 nitrogen and oxygen atoms in total. The smallest absolute Gasteiger partial charge is 0.391 e. The summed E-state index contributed by atoms with van der Waals surface area (Å²) in [5.74, 6) is -0.135. The molecule has 0 bridgehead atoms. The molecule has 0 aliphatic heterocycles. The van der Waals surface area contributed by atoms with Gasteiger partial charge in [-0.2, -0.15) is 0 Å². The average molecular weight is 987 g/mol. The lowest BCUT2D eigenvalue weighted by Gasteiger charge is -2.26. The number of nitrogens with one attached hydrogen (secondary N) is 1. The molecular formula is C59H122N2O6P+. The quantitative estimate of drug-likeness (QED) is 0.0319. The highest BCUT2D eigenvalue weighted by atomic mass is 31.2. The second-order valence-electron chi connectivity index (χ2n) is 22.4. The molecule has 0 saturated carbocycles. The Labute approximate surface area is 425 Å². The fraction of sp³-hybridized carbons (Fsp3) is 0.983.